The third-order valence-electron chi connectivity index (χ3n) is 5.03. The number of piperidine rings is 1. The number of hydrogen-bond acceptors (Lipinski definition) is 7. The van der Waals surface area contributed by atoms with Gasteiger partial charge in [0, 0.05) is 29.7 Å². The van der Waals surface area contributed by atoms with Crippen LogP contribution in [0.3, 0.4) is 0 Å². The molecular weight excluding hydrogens is 350 g/mol. The molecule has 142 valence electrons. The van der Waals surface area contributed by atoms with Crippen molar-refractivity contribution < 1.29 is 14.1 Å². The molecule has 0 atom stereocenters. The molecule has 1 aliphatic heterocycles. The second-order valence-electron chi connectivity index (χ2n) is 7.16. The molecule has 4 rings (SSSR count). The maximum absolute atomic E-state index is 12.2. The Morgan fingerprint density at radius 3 is 2.48 bits per heavy atom. The molecule has 1 aromatic heterocycles. The van der Waals surface area contributed by atoms with Crippen LogP contribution in [0, 0.1) is 10.1 Å². The van der Waals surface area contributed by atoms with Gasteiger partial charge in [-0.1, -0.05) is 6.07 Å². The molecule has 1 saturated carbocycles. The fourth-order valence-corrected chi connectivity index (χ4v) is 3.35. The highest BCUT2D eigenvalue weighted by Gasteiger charge is 2.32. The molecule has 1 N–H and O–H groups in total. The summed E-state index contributed by atoms with van der Waals surface area (Å²) in [5, 5.41) is 21.9. The van der Waals surface area contributed by atoms with Crippen molar-refractivity contribution in [1.82, 2.24) is 15.1 Å². The maximum Gasteiger partial charge on any atom is 0.271 e. The maximum atomic E-state index is 12.2. The highest BCUT2D eigenvalue weighted by atomic mass is 16.6. The molecule has 1 aromatic carbocycles. The van der Waals surface area contributed by atoms with Crippen LogP contribution >= 0.6 is 0 Å². The minimum Gasteiger partial charge on any atom is -0.425 e. The number of benzene rings is 1. The number of nitro benzene ring substituents is 1. The summed E-state index contributed by atoms with van der Waals surface area (Å²) in [4.78, 5) is 24.6. The molecule has 1 amide bonds. The van der Waals surface area contributed by atoms with E-state index >= 15 is 0 Å². The van der Waals surface area contributed by atoms with Crippen LogP contribution in [-0.4, -0.2) is 45.6 Å². The summed E-state index contributed by atoms with van der Waals surface area (Å²) < 4.78 is 5.80. The van der Waals surface area contributed by atoms with Crippen molar-refractivity contribution in [3.8, 4) is 0 Å². The molecule has 2 heterocycles. The zero-order valence-electron chi connectivity index (χ0n) is 14.8. The standard InChI is InChI=1S/C18H21N5O4/c24-16(19-14-2-1-3-15(10-14)23(25)26)11-22-8-6-13(7-9-22)18-21-20-17(27-18)12-4-5-12/h1-3,10,12-13H,4-9,11H2,(H,19,24). The van der Waals surface area contributed by atoms with Gasteiger partial charge >= 0.3 is 0 Å². The van der Waals surface area contributed by atoms with Gasteiger partial charge in [0.2, 0.25) is 17.7 Å². The summed E-state index contributed by atoms with van der Waals surface area (Å²) >= 11 is 0. The Morgan fingerprint density at radius 2 is 1.85 bits per heavy atom. The number of carbonyl (C=O) groups excluding carboxylic acids is 1. The molecule has 2 aromatic rings. The lowest BCUT2D eigenvalue weighted by molar-refractivity contribution is -0.384. The number of amides is 1. The molecule has 0 radical (unpaired) electrons. The van der Waals surface area contributed by atoms with Crippen LogP contribution < -0.4 is 5.32 Å². The van der Waals surface area contributed by atoms with Crippen molar-refractivity contribution in [2.75, 3.05) is 25.0 Å². The Labute approximate surface area is 155 Å². The number of likely N-dealkylation sites (tertiary alicyclic amines) is 1. The van der Waals surface area contributed by atoms with Gasteiger partial charge in [-0.25, -0.2) is 0 Å². The normalized spacial score (nSPS) is 18.4. The number of nitrogens with one attached hydrogen (secondary N) is 1. The first-order valence-corrected chi connectivity index (χ1v) is 9.18. The summed E-state index contributed by atoms with van der Waals surface area (Å²) in [5.74, 6) is 2.02. The van der Waals surface area contributed by atoms with E-state index in [9.17, 15) is 14.9 Å². The van der Waals surface area contributed by atoms with Crippen molar-refractivity contribution in [2.45, 2.75) is 37.5 Å². The largest absolute Gasteiger partial charge is 0.425 e. The molecule has 1 aliphatic carbocycles. The minimum absolute atomic E-state index is 0.0428. The van der Waals surface area contributed by atoms with Gasteiger partial charge in [0.25, 0.3) is 5.69 Å². The Balaban J connectivity index is 1.26. The van der Waals surface area contributed by atoms with Gasteiger partial charge in [-0.05, 0) is 44.8 Å². The van der Waals surface area contributed by atoms with Gasteiger partial charge in [-0.2, -0.15) is 0 Å². The van der Waals surface area contributed by atoms with E-state index in [2.05, 4.69) is 20.4 Å². The van der Waals surface area contributed by atoms with E-state index in [4.69, 9.17) is 4.42 Å². The van der Waals surface area contributed by atoms with Crippen LogP contribution in [0.1, 0.15) is 49.3 Å². The number of anilines is 1. The zero-order valence-corrected chi connectivity index (χ0v) is 14.8. The lowest BCUT2D eigenvalue weighted by Crippen LogP contribution is -2.38. The van der Waals surface area contributed by atoms with Crippen molar-refractivity contribution in [1.29, 1.82) is 0 Å². The molecular formula is C18H21N5O4. The summed E-state index contributed by atoms with van der Waals surface area (Å²) in [6.45, 7) is 1.80. The summed E-state index contributed by atoms with van der Waals surface area (Å²) in [5.41, 5.74) is 0.390. The fraction of sp³-hybridized carbons (Fsp3) is 0.500. The van der Waals surface area contributed by atoms with E-state index in [0.717, 1.165) is 50.6 Å². The number of hydrogen-bond donors (Lipinski definition) is 1. The second-order valence-corrected chi connectivity index (χ2v) is 7.16. The molecule has 0 spiro atoms. The molecule has 2 aliphatic rings. The number of aromatic nitrogens is 2. The third-order valence-corrected chi connectivity index (χ3v) is 5.03. The van der Waals surface area contributed by atoms with Crippen molar-refractivity contribution >= 4 is 17.3 Å². The van der Waals surface area contributed by atoms with E-state index in [1.54, 1.807) is 12.1 Å². The van der Waals surface area contributed by atoms with E-state index in [1.165, 1.54) is 12.1 Å². The predicted octanol–water partition coefficient (Wildman–Crippen LogP) is 2.67. The zero-order chi connectivity index (χ0) is 18.8. The Morgan fingerprint density at radius 1 is 1.19 bits per heavy atom. The number of rotatable bonds is 6. The lowest BCUT2D eigenvalue weighted by atomic mass is 9.97. The predicted molar refractivity (Wildman–Crippen MR) is 96.4 cm³/mol. The first kappa shape index (κ1) is 17.6. The monoisotopic (exact) mass is 371 g/mol. The summed E-state index contributed by atoms with van der Waals surface area (Å²) in [7, 11) is 0. The van der Waals surface area contributed by atoms with Crippen molar-refractivity contribution in [3.05, 3.63) is 46.2 Å². The first-order chi connectivity index (χ1) is 13.1. The molecule has 0 unspecified atom stereocenters. The van der Waals surface area contributed by atoms with Crippen molar-refractivity contribution in [3.63, 3.8) is 0 Å². The van der Waals surface area contributed by atoms with Gasteiger partial charge in [0.1, 0.15) is 0 Å². The molecule has 2 fully saturated rings. The van der Waals surface area contributed by atoms with Crippen molar-refractivity contribution in [2.24, 2.45) is 0 Å². The number of non-ortho nitro benzene ring substituents is 1. The lowest BCUT2D eigenvalue weighted by Gasteiger charge is -2.29. The third kappa shape index (κ3) is 4.30. The van der Waals surface area contributed by atoms with E-state index in [0.29, 0.717) is 11.6 Å². The van der Waals surface area contributed by atoms with Gasteiger partial charge < -0.3 is 9.73 Å². The van der Waals surface area contributed by atoms with Crippen LogP contribution in [0.2, 0.25) is 0 Å². The first-order valence-electron chi connectivity index (χ1n) is 9.18. The highest BCUT2D eigenvalue weighted by molar-refractivity contribution is 5.92. The minimum atomic E-state index is -0.480. The Kier molecular flexibility index (Phi) is 4.85. The topological polar surface area (TPSA) is 114 Å². The fourth-order valence-electron chi connectivity index (χ4n) is 3.35. The highest BCUT2D eigenvalue weighted by Crippen LogP contribution is 2.40. The summed E-state index contributed by atoms with van der Waals surface area (Å²) in [6, 6.07) is 5.95. The van der Waals surface area contributed by atoms with Crippen LogP contribution in [0.15, 0.2) is 28.7 Å². The van der Waals surface area contributed by atoms with Crippen LogP contribution in [0.4, 0.5) is 11.4 Å². The SMILES string of the molecule is O=C(CN1CCC(c2nnc(C3CC3)o2)CC1)Nc1cccc([N+](=O)[O-])c1. The van der Waals surface area contributed by atoms with Gasteiger partial charge in [-0.15, -0.1) is 10.2 Å². The Bertz CT molecular complexity index is 840. The number of nitrogens with zero attached hydrogens (tertiary/aromatic N) is 4. The van der Waals surface area contributed by atoms with Crippen LogP contribution in [0.5, 0.6) is 0 Å². The molecule has 1 saturated heterocycles. The second kappa shape index (κ2) is 7.43. The summed E-state index contributed by atoms with van der Waals surface area (Å²) in [6.07, 6.45) is 4.02. The van der Waals surface area contributed by atoms with Gasteiger partial charge in [-0.3, -0.25) is 19.8 Å². The molecule has 9 heteroatoms. The number of nitro groups is 1. The Hall–Kier alpha value is -2.81. The van der Waals surface area contributed by atoms with E-state index < -0.39 is 4.92 Å². The molecule has 9 nitrogen and oxygen atoms in total. The van der Waals surface area contributed by atoms with Crippen LogP contribution in [0.25, 0.3) is 0 Å². The van der Waals surface area contributed by atoms with E-state index in [-0.39, 0.29) is 24.1 Å². The average Bonchev–Trinajstić information content (AvgIpc) is 3.39. The quantitative estimate of drug-likeness (QED) is 0.613. The van der Waals surface area contributed by atoms with Gasteiger partial charge in [0.15, 0.2) is 0 Å². The van der Waals surface area contributed by atoms with Crippen LogP contribution in [-0.2, 0) is 4.79 Å². The smallest absolute Gasteiger partial charge is 0.271 e. The number of carbonyl (C=O) groups is 1. The average molecular weight is 371 g/mol. The molecule has 27 heavy (non-hydrogen) atoms. The van der Waals surface area contributed by atoms with E-state index in [1.807, 2.05) is 0 Å². The van der Waals surface area contributed by atoms with Gasteiger partial charge in [0.05, 0.1) is 11.5 Å². The molecule has 0 bridgehead atoms.